The topological polar surface area (TPSA) is 367 Å². The van der Waals surface area contributed by atoms with Gasteiger partial charge in [0, 0.05) is 19.4 Å². The van der Waals surface area contributed by atoms with Gasteiger partial charge in [0.15, 0.2) is 0 Å². The molecule has 2 rings (SSSR count). The minimum absolute atomic E-state index is 0.0205. The van der Waals surface area contributed by atoms with Crippen LogP contribution in [0.1, 0.15) is 64.4 Å². The van der Waals surface area contributed by atoms with E-state index < -0.39 is 127 Å². The fraction of sp³-hybridized carbons (Fsp3) is 0.556. The van der Waals surface area contributed by atoms with Crippen molar-refractivity contribution in [3.05, 3.63) is 35.9 Å². The highest BCUT2D eigenvalue weighted by atomic mass is 16.4. The molecule has 320 valence electrons. The van der Waals surface area contributed by atoms with Crippen LogP contribution in [-0.2, 0) is 54.4 Å². The lowest BCUT2D eigenvalue weighted by Gasteiger charge is -2.30. The van der Waals surface area contributed by atoms with Crippen molar-refractivity contribution in [2.24, 2.45) is 17.4 Å². The number of aliphatic carboxylic acids is 3. The number of nitrogens with zero attached hydrogens (tertiary/aromatic N) is 1. The lowest BCUT2D eigenvalue weighted by Crippen LogP contribution is -2.60. The van der Waals surface area contributed by atoms with Crippen molar-refractivity contribution in [2.45, 2.75) is 108 Å². The van der Waals surface area contributed by atoms with Crippen LogP contribution in [0.25, 0.3) is 0 Å². The highest BCUT2D eigenvalue weighted by Gasteiger charge is 2.40. The van der Waals surface area contributed by atoms with Crippen LogP contribution in [0.15, 0.2) is 30.3 Å². The van der Waals surface area contributed by atoms with Crippen LogP contribution in [0, 0.1) is 5.92 Å². The second-order valence-corrected chi connectivity index (χ2v) is 14.1. The molecule has 22 heteroatoms. The quantitative estimate of drug-likeness (QED) is 0.0478. The summed E-state index contributed by atoms with van der Waals surface area (Å²) >= 11 is 0. The summed E-state index contributed by atoms with van der Waals surface area (Å²) in [5.41, 5.74) is 11.5. The van der Waals surface area contributed by atoms with Gasteiger partial charge in [0.2, 0.25) is 41.4 Å². The van der Waals surface area contributed by atoms with Gasteiger partial charge in [-0.25, -0.2) is 4.79 Å². The lowest BCUT2D eigenvalue weighted by molar-refractivity contribution is -0.147. The molecular formula is C36H52N8O14. The number of aliphatic hydroxyl groups excluding tert-OH is 1. The Balaban J connectivity index is 2.27. The third kappa shape index (κ3) is 15.8. The molecule has 0 radical (unpaired) electrons. The Hall–Kier alpha value is -6.16. The highest BCUT2D eigenvalue weighted by Crippen LogP contribution is 2.20. The molecule has 1 saturated heterocycles. The third-order valence-electron chi connectivity index (χ3n) is 8.93. The number of nitrogens with one attached hydrogen (secondary N) is 5. The maximum Gasteiger partial charge on any atom is 0.326 e. The maximum absolute atomic E-state index is 13.8. The van der Waals surface area contributed by atoms with E-state index in [9.17, 15) is 58.2 Å². The first-order valence-corrected chi connectivity index (χ1v) is 18.4. The van der Waals surface area contributed by atoms with Gasteiger partial charge in [0.1, 0.15) is 36.3 Å². The maximum atomic E-state index is 13.8. The molecule has 1 aromatic carbocycles. The Morgan fingerprint density at radius 3 is 1.84 bits per heavy atom. The zero-order chi connectivity index (χ0) is 43.7. The van der Waals surface area contributed by atoms with Gasteiger partial charge < -0.3 is 63.4 Å². The molecule has 1 aliphatic heterocycles. The summed E-state index contributed by atoms with van der Waals surface area (Å²) in [7, 11) is 0. The molecule has 0 spiro atoms. The highest BCUT2D eigenvalue weighted by molar-refractivity contribution is 5.98. The summed E-state index contributed by atoms with van der Waals surface area (Å²) < 4.78 is 0. The summed E-state index contributed by atoms with van der Waals surface area (Å²) in [5.74, 6) is -11.3. The van der Waals surface area contributed by atoms with Gasteiger partial charge in [-0.05, 0) is 37.2 Å². The van der Waals surface area contributed by atoms with Crippen molar-refractivity contribution >= 4 is 59.3 Å². The summed E-state index contributed by atoms with van der Waals surface area (Å²) in [6.45, 7) is 2.41. The third-order valence-corrected chi connectivity index (χ3v) is 8.93. The first-order valence-electron chi connectivity index (χ1n) is 18.4. The number of carboxylic acids is 3. The number of carbonyl (C=O) groups excluding carboxylic acids is 7. The molecule has 1 fully saturated rings. The van der Waals surface area contributed by atoms with Crippen molar-refractivity contribution in [2.75, 3.05) is 13.2 Å². The van der Waals surface area contributed by atoms with Crippen LogP contribution in [0.5, 0.6) is 0 Å². The molecule has 0 saturated carbocycles. The smallest absolute Gasteiger partial charge is 0.326 e. The van der Waals surface area contributed by atoms with Crippen LogP contribution in [0.3, 0.4) is 0 Å². The molecule has 7 atom stereocenters. The molecule has 7 amide bonds. The first kappa shape index (κ1) is 48.0. The van der Waals surface area contributed by atoms with E-state index >= 15 is 0 Å². The number of primary amides is 1. The van der Waals surface area contributed by atoms with Gasteiger partial charge in [-0.1, -0.05) is 44.2 Å². The number of rotatable bonds is 24. The van der Waals surface area contributed by atoms with E-state index in [1.165, 1.54) is 0 Å². The van der Waals surface area contributed by atoms with E-state index in [1.54, 1.807) is 44.2 Å². The van der Waals surface area contributed by atoms with E-state index in [0.717, 1.165) is 4.90 Å². The van der Waals surface area contributed by atoms with E-state index in [1.807, 2.05) is 0 Å². The molecule has 0 aliphatic carbocycles. The number of aliphatic hydroxyl groups is 1. The number of amides is 7. The summed E-state index contributed by atoms with van der Waals surface area (Å²) in [4.78, 5) is 127. The summed E-state index contributed by atoms with van der Waals surface area (Å²) in [6, 6.07) is -2.17. The lowest BCUT2D eigenvalue weighted by atomic mass is 10.0. The molecular weight excluding hydrogens is 768 g/mol. The van der Waals surface area contributed by atoms with Crippen LogP contribution >= 0.6 is 0 Å². The Labute approximate surface area is 332 Å². The fourth-order valence-electron chi connectivity index (χ4n) is 6.03. The molecule has 0 aromatic heterocycles. The van der Waals surface area contributed by atoms with E-state index in [0.29, 0.717) is 5.56 Å². The van der Waals surface area contributed by atoms with E-state index in [2.05, 4.69) is 26.6 Å². The SMILES string of the molecule is CC(C)C[C@H](NC(=O)[C@H](CCC(N)=O)NC(=O)[C@@H]1CCCN1C(=O)[C@H](CO)NC(=O)[C@H](Cc1ccccc1)NC(=O)[C@@H](N)CC(=O)O)C(=O)N[C@@H](CC(=O)O)C(=O)O. The molecule has 13 N–H and O–H groups in total. The first-order chi connectivity index (χ1) is 27.2. The monoisotopic (exact) mass is 820 g/mol. The molecule has 22 nitrogen and oxygen atoms in total. The number of benzene rings is 1. The van der Waals surface area contributed by atoms with Gasteiger partial charge in [0.05, 0.1) is 25.5 Å². The Morgan fingerprint density at radius 2 is 1.29 bits per heavy atom. The zero-order valence-electron chi connectivity index (χ0n) is 32.0. The second kappa shape index (κ2) is 23.2. The molecule has 1 aromatic rings. The number of hydrogen-bond acceptors (Lipinski definition) is 12. The molecule has 1 aliphatic rings. The van der Waals surface area contributed by atoms with Crippen molar-refractivity contribution in [1.29, 1.82) is 0 Å². The van der Waals surface area contributed by atoms with Crippen molar-refractivity contribution in [3.8, 4) is 0 Å². The van der Waals surface area contributed by atoms with Crippen LogP contribution < -0.4 is 38.1 Å². The summed E-state index contributed by atoms with van der Waals surface area (Å²) in [5, 5.41) is 49.4. The predicted molar refractivity (Wildman–Crippen MR) is 200 cm³/mol. The van der Waals surface area contributed by atoms with Gasteiger partial charge in [-0.3, -0.25) is 43.2 Å². The Bertz CT molecular complexity index is 1680. The number of hydrogen-bond donors (Lipinski definition) is 11. The minimum atomic E-state index is -1.82. The van der Waals surface area contributed by atoms with Crippen LogP contribution in [0.4, 0.5) is 0 Å². The average Bonchev–Trinajstić information content (AvgIpc) is 3.64. The van der Waals surface area contributed by atoms with Crippen molar-refractivity contribution in [3.63, 3.8) is 0 Å². The normalized spacial score (nSPS) is 16.7. The Morgan fingerprint density at radius 1 is 0.741 bits per heavy atom. The molecule has 58 heavy (non-hydrogen) atoms. The van der Waals surface area contributed by atoms with Crippen LogP contribution in [-0.4, -0.2) is 140 Å². The van der Waals surface area contributed by atoms with Gasteiger partial charge >= 0.3 is 17.9 Å². The number of carbonyl (C=O) groups is 10. The minimum Gasteiger partial charge on any atom is -0.481 e. The largest absolute Gasteiger partial charge is 0.481 e. The van der Waals surface area contributed by atoms with E-state index in [-0.39, 0.29) is 44.6 Å². The van der Waals surface area contributed by atoms with Gasteiger partial charge in [-0.15, -0.1) is 0 Å². The average molecular weight is 821 g/mol. The molecule has 1 heterocycles. The van der Waals surface area contributed by atoms with Gasteiger partial charge in [-0.2, -0.15) is 0 Å². The zero-order valence-corrected chi connectivity index (χ0v) is 32.0. The van der Waals surface area contributed by atoms with Crippen molar-refractivity contribution in [1.82, 2.24) is 31.5 Å². The van der Waals surface area contributed by atoms with Crippen molar-refractivity contribution < 1.29 is 68.4 Å². The molecule has 0 unspecified atom stereocenters. The standard InChI is InChI=1S/C36H52N8O14/c1-18(2)13-22(32(53)42-24(36(57)58)16-29(49)50)41-31(52)21(10-11-27(38)46)39-34(55)26-9-6-12-44(26)35(56)25(17-45)43-33(54)23(14-19-7-4-3-5-8-19)40-30(51)20(37)15-28(47)48/h3-5,7-8,18,20-26,45H,6,9-17,37H2,1-2H3,(H2,38,46)(H,39,55)(H,40,51)(H,41,52)(H,42,53)(H,43,54)(H,47,48)(H,49,50)(H,57,58)/t20-,21-,22-,23-,24-,25-,26-/m0/s1. The number of nitrogens with two attached hydrogens (primary N) is 2. The number of carboxylic acid groups (broad SMARTS) is 3. The Kier molecular flexibility index (Phi) is 19.2. The van der Waals surface area contributed by atoms with Gasteiger partial charge in [0.25, 0.3) is 0 Å². The van der Waals surface area contributed by atoms with Crippen LogP contribution in [0.2, 0.25) is 0 Å². The second-order valence-electron chi connectivity index (χ2n) is 14.1. The summed E-state index contributed by atoms with van der Waals surface area (Å²) in [6.07, 6.45) is -2.27. The van der Waals surface area contributed by atoms with E-state index in [4.69, 9.17) is 21.7 Å². The molecule has 0 bridgehead atoms. The predicted octanol–water partition coefficient (Wildman–Crippen LogP) is -3.69. The number of likely N-dealkylation sites (tertiary alicyclic amines) is 1. The fourth-order valence-corrected chi connectivity index (χ4v) is 6.03.